The quantitative estimate of drug-likeness (QED) is 0.584. The van der Waals surface area contributed by atoms with Crippen molar-refractivity contribution in [1.82, 2.24) is 9.80 Å². The van der Waals surface area contributed by atoms with Crippen molar-refractivity contribution in [2.24, 2.45) is 0 Å². The van der Waals surface area contributed by atoms with E-state index in [1.807, 2.05) is 32.7 Å². The lowest BCUT2D eigenvalue weighted by molar-refractivity contribution is -0.135. The normalized spacial score (nSPS) is 18.7. The maximum atomic E-state index is 11.1. The van der Waals surface area contributed by atoms with Gasteiger partial charge in [-0.05, 0) is 14.0 Å². The fourth-order valence-corrected chi connectivity index (χ4v) is 1.16. The molecule has 3 heteroatoms. The van der Waals surface area contributed by atoms with Gasteiger partial charge >= 0.3 is 0 Å². The zero-order chi connectivity index (χ0) is 9.56. The molecule has 0 radical (unpaired) electrons. The van der Waals surface area contributed by atoms with Gasteiger partial charge in [0.05, 0.1) is 6.54 Å². The number of rotatable bonds is 1. The minimum Gasteiger partial charge on any atom is -0.341 e. The van der Waals surface area contributed by atoms with Gasteiger partial charge in [-0.1, -0.05) is 13.8 Å². The van der Waals surface area contributed by atoms with Crippen LogP contribution in [0.25, 0.3) is 0 Å². The minimum atomic E-state index is 0.260. The summed E-state index contributed by atoms with van der Waals surface area (Å²) in [4.78, 5) is 15.1. The second-order valence-corrected chi connectivity index (χ2v) is 2.71. The summed E-state index contributed by atoms with van der Waals surface area (Å²) in [6.07, 6.45) is 0. The predicted octanol–water partition coefficient (Wildman–Crippen LogP) is 0.806. The highest BCUT2D eigenvalue weighted by Gasteiger charge is 2.18. The number of amides is 1. The Balaban J connectivity index is 0.000000561. The number of carbonyl (C=O) groups excluding carboxylic acids is 1. The van der Waals surface area contributed by atoms with E-state index < -0.39 is 0 Å². The van der Waals surface area contributed by atoms with Gasteiger partial charge in [-0.3, -0.25) is 9.69 Å². The molecule has 3 nitrogen and oxygen atoms in total. The lowest BCUT2D eigenvalue weighted by Crippen LogP contribution is -2.48. The standard InChI is InChI=1S/C7H14N2O.C2H6/c1-3-9-5-4-8(2)6-7(9)10;1-2/h3-6H2,1-2H3;1-2H3. The molecule has 0 bridgehead atoms. The number of likely N-dealkylation sites (N-methyl/N-ethyl adjacent to an activating group) is 2. The Morgan fingerprint density at radius 1 is 1.33 bits per heavy atom. The van der Waals surface area contributed by atoms with Crippen LogP contribution < -0.4 is 0 Å². The highest BCUT2D eigenvalue weighted by molar-refractivity contribution is 5.78. The monoisotopic (exact) mass is 172 g/mol. The molecule has 72 valence electrons. The molecule has 12 heavy (non-hydrogen) atoms. The zero-order valence-electron chi connectivity index (χ0n) is 8.63. The summed E-state index contributed by atoms with van der Waals surface area (Å²) in [5.41, 5.74) is 0. The molecule has 1 aliphatic heterocycles. The van der Waals surface area contributed by atoms with E-state index in [0.29, 0.717) is 6.54 Å². The van der Waals surface area contributed by atoms with E-state index in [0.717, 1.165) is 19.6 Å². The van der Waals surface area contributed by atoms with Crippen molar-refractivity contribution < 1.29 is 4.79 Å². The van der Waals surface area contributed by atoms with E-state index >= 15 is 0 Å². The first-order valence-electron chi connectivity index (χ1n) is 4.70. The minimum absolute atomic E-state index is 0.260. The molecule has 0 unspecified atom stereocenters. The second-order valence-electron chi connectivity index (χ2n) is 2.71. The Hall–Kier alpha value is -0.570. The zero-order valence-corrected chi connectivity index (χ0v) is 8.63. The Bertz CT molecular complexity index is 136. The van der Waals surface area contributed by atoms with Gasteiger partial charge in [-0.25, -0.2) is 0 Å². The van der Waals surface area contributed by atoms with Gasteiger partial charge in [0, 0.05) is 19.6 Å². The van der Waals surface area contributed by atoms with E-state index in [4.69, 9.17) is 0 Å². The first kappa shape index (κ1) is 11.4. The number of hydrogen-bond acceptors (Lipinski definition) is 2. The average Bonchev–Trinajstić information content (AvgIpc) is 2.08. The molecule has 0 atom stereocenters. The third-order valence-electron chi connectivity index (χ3n) is 1.89. The molecule has 0 aliphatic carbocycles. The number of piperazine rings is 1. The molecule has 1 heterocycles. The Labute approximate surface area is 75.3 Å². The highest BCUT2D eigenvalue weighted by atomic mass is 16.2. The van der Waals surface area contributed by atoms with Gasteiger partial charge in [0.1, 0.15) is 0 Å². The van der Waals surface area contributed by atoms with Crippen LogP contribution in [0.3, 0.4) is 0 Å². The molecule has 1 rings (SSSR count). The second kappa shape index (κ2) is 6.00. The van der Waals surface area contributed by atoms with Crippen LogP contribution in [-0.2, 0) is 4.79 Å². The van der Waals surface area contributed by atoms with Gasteiger partial charge in [-0.2, -0.15) is 0 Å². The summed E-state index contributed by atoms with van der Waals surface area (Å²) in [5, 5.41) is 0. The molecule has 0 spiro atoms. The molecule has 0 aromatic heterocycles. The van der Waals surface area contributed by atoms with Crippen LogP contribution in [0, 0.1) is 0 Å². The van der Waals surface area contributed by atoms with Gasteiger partial charge in [0.25, 0.3) is 0 Å². The fourth-order valence-electron chi connectivity index (χ4n) is 1.16. The topological polar surface area (TPSA) is 23.6 Å². The summed E-state index contributed by atoms with van der Waals surface area (Å²) in [6, 6.07) is 0. The van der Waals surface area contributed by atoms with E-state index in [-0.39, 0.29) is 5.91 Å². The van der Waals surface area contributed by atoms with Crippen molar-refractivity contribution in [1.29, 1.82) is 0 Å². The third-order valence-corrected chi connectivity index (χ3v) is 1.89. The smallest absolute Gasteiger partial charge is 0.236 e. The summed E-state index contributed by atoms with van der Waals surface area (Å²) < 4.78 is 0. The summed E-state index contributed by atoms with van der Waals surface area (Å²) in [7, 11) is 1.98. The molecule has 1 saturated heterocycles. The molecule has 0 aromatic carbocycles. The van der Waals surface area contributed by atoms with Crippen molar-refractivity contribution >= 4 is 5.91 Å². The number of carbonyl (C=O) groups is 1. The van der Waals surface area contributed by atoms with E-state index in [9.17, 15) is 4.79 Å². The maximum Gasteiger partial charge on any atom is 0.236 e. The molecule has 0 aromatic rings. The van der Waals surface area contributed by atoms with Gasteiger partial charge in [0.2, 0.25) is 5.91 Å². The molecule has 1 aliphatic rings. The number of hydrogen-bond donors (Lipinski definition) is 0. The molecule has 0 saturated carbocycles. The van der Waals surface area contributed by atoms with Crippen LogP contribution in [-0.4, -0.2) is 48.9 Å². The average molecular weight is 172 g/mol. The SMILES string of the molecule is CC.CCN1CCN(C)CC1=O. The maximum absolute atomic E-state index is 11.1. The van der Waals surface area contributed by atoms with Crippen molar-refractivity contribution in [3.05, 3.63) is 0 Å². The predicted molar refractivity (Wildman–Crippen MR) is 51.1 cm³/mol. The fraction of sp³-hybridized carbons (Fsp3) is 0.889. The van der Waals surface area contributed by atoms with Crippen LogP contribution in [0.1, 0.15) is 20.8 Å². The van der Waals surface area contributed by atoms with Gasteiger partial charge in [0.15, 0.2) is 0 Å². The van der Waals surface area contributed by atoms with Crippen LogP contribution >= 0.6 is 0 Å². The van der Waals surface area contributed by atoms with Crippen molar-refractivity contribution in [3.8, 4) is 0 Å². The largest absolute Gasteiger partial charge is 0.341 e. The van der Waals surface area contributed by atoms with Crippen LogP contribution in [0.4, 0.5) is 0 Å². The number of nitrogens with zero attached hydrogens (tertiary/aromatic N) is 2. The third kappa shape index (κ3) is 3.22. The first-order valence-corrected chi connectivity index (χ1v) is 4.70. The lowest BCUT2D eigenvalue weighted by Gasteiger charge is -2.31. The van der Waals surface area contributed by atoms with E-state index in [1.165, 1.54) is 0 Å². The molecular formula is C9H20N2O. The van der Waals surface area contributed by atoms with Crippen molar-refractivity contribution in [3.63, 3.8) is 0 Å². The molecule has 1 fully saturated rings. The molecular weight excluding hydrogens is 152 g/mol. The van der Waals surface area contributed by atoms with Crippen molar-refractivity contribution in [2.75, 3.05) is 33.2 Å². The Kier molecular flexibility index (Phi) is 5.72. The van der Waals surface area contributed by atoms with Crippen LogP contribution in [0.2, 0.25) is 0 Å². The van der Waals surface area contributed by atoms with Crippen molar-refractivity contribution in [2.45, 2.75) is 20.8 Å². The van der Waals surface area contributed by atoms with Crippen LogP contribution in [0.5, 0.6) is 0 Å². The highest BCUT2D eigenvalue weighted by Crippen LogP contribution is 1.98. The summed E-state index contributed by atoms with van der Waals surface area (Å²) in [5.74, 6) is 0.260. The first-order chi connectivity index (χ1) is 5.74. The molecule has 0 N–H and O–H groups in total. The van der Waals surface area contributed by atoms with Gasteiger partial charge in [-0.15, -0.1) is 0 Å². The Morgan fingerprint density at radius 2 is 1.92 bits per heavy atom. The van der Waals surface area contributed by atoms with Gasteiger partial charge < -0.3 is 4.90 Å². The lowest BCUT2D eigenvalue weighted by atomic mass is 10.3. The summed E-state index contributed by atoms with van der Waals surface area (Å²) >= 11 is 0. The molecule has 1 amide bonds. The summed E-state index contributed by atoms with van der Waals surface area (Å²) in [6.45, 7) is 9.37. The Morgan fingerprint density at radius 3 is 2.33 bits per heavy atom. The van der Waals surface area contributed by atoms with E-state index in [1.54, 1.807) is 0 Å². The van der Waals surface area contributed by atoms with E-state index in [2.05, 4.69) is 4.90 Å². The van der Waals surface area contributed by atoms with Crippen LogP contribution in [0.15, 0.2) is 0 Å².